The molecule has 2 N–H and O–H groups in total. The van der Waals surface area contributed by atoms with Crippen molar-refractivity contribution >= 4 is 5.91 Å². The molecular formula is C16H25FN2O2. The van der Waals surface area contributed by atoms with Gasteiger partial charge in [0, 0.05) is 20.1 Å². The van der Waals surface area contributed by atoms with E-state index in [1.165, 1.54) is 13.2 Å². The predicted molar refractivity (Wildman–Crippen MR) is 81.5 cm³/mol. The first-order chi connectivity index (χ1) is 9.93. The highest BCUT2D eigenvalue weighted by Crippen LogP contribution is 2.28. The minimum absolute atomic E-state index is 0.00577. The molecular weight excluding hydrogens is 271 g/mol. The summed E-state index contributed by atoms with van der Waals surface area (Å²) in [6.45, 7) is 4.60. The van der Waals surface area contributed by atoms with Gasteiger partial charge in [0.05, 0.1) is 12.5 Å². The normalized spacial score (nSPS) is 11.3. The van der Waals surface area contributed by atoms with Crippen LogP contribution in [0.2, 0.25) is 0 Å². The number of hydrogen-bond donors (Lipinski definition) is 1. The van der Waals surface area contributed by atoms with Crippen molar-refractivity contribution in [2.24, 2.45) is 11.1 Å². The van der Waals surface area contributed by atoms with E-state index in [0.29, 0.717) is 25.9 Å². The lowest BCUT2D eigenvalue weighted by Crippen LogP contribution is -2.45. The molecule has 0 aliphatic heterocycles. The summed E-state index contributed by atoms with van der Waals surface area (Å²) in [7, 11) is 3.14. The highest BCUT2D eigenvalue weighted by atomic mass is 19.1. The number of methoxy groups -OCH3 is 1. The third-order valence-corrected chi connectivity index (χ3v) is 4.18. The van der Waals surface area contributed by atoms with Gasteiger partial charge in [-0.1, -0.05) is 19.9 Å². The molecule has 0 radical (unpaired) electrons. The molecule has 0 atom stereocenters. The molecule has 0 aliphatic carbocycles. The van der Waals surface area contributed by atoms with Gasteiger partial charge in [-0.15, -0.1) is 0 Å². The van der Waals surface area contributed by atoms with Crippen LogP contribution in [0.25, 0.3) is 0 Å². The van der Waals surface area contributed by atoms with Gasteiger partial charge < -0.3 is 15.4 Å². The molecule has 1 aromatic carbocycles. The van der Waals surface area contributed by atoms with Gasteiger partial charge in [0.2, 0.25) is 5.91 Å². The van der Waals surface area contributed by atoms with E-state index < -0.39 is 11.2 Å². The Morgan fingerprint density at radius 2 is 2.00 bits per heavy atom. The summed E-state index contributed by atoms with van der Waals surface area (Å²) in [5.41, 5.74) is 6.00. The number of carbonyl (C=O) groups is 1. The van der Waals surface area contributed by atoms with Crippen molar-refractivity contribution in [1.82, 2.24) is 4.90 Å². The van der Waals surface area contributed by atoms with E-state index in [4.69, 9.17) is 10.5 Å². The maximum Gasteiger partial charge on any atom is 0.230 e. The summed E-state index contributed by atoms with van der Waals surface area (Å²) in [6, 6.07) is 4.72. The predicted octanol–water partition coefficient (Wildman–Crippen LogP) is 2.56. The van der Waals surface area contributed by atoms with Gasteiger partial charge in [0.15, 0.2) is 11.6 Å². The third kappa shape index (κ3) is 3.73. The van der Waals surface area contributed by atoms with Crippen molar-refractivity contribution in [1.29, 1.82) is 0 Å². The van der Waals surface area contributed by atoms with Gasteiger partial charge in [0.25, 0.3) is 0 Å². The zero-order valence-corrected chi connectivity index (χ0v) is 13.3. The fourth-order valence-electron chi connectivity index (χ4n) is 2.49. The monoisotopic (exact) mass is 296 g/mol. The van der Waals surface area contributed by atoms with Crippen LogP contribution in [0.5, 0.6) is 5.75 Å². The average molecular weight is 296 g/mol. The molecule has 5 heteroatoms. The first kappa shape index (κ1) is 17.4. The number of halogens is 1. The molecule has 0 heterocycles. The molecule has 4 nitrogen and oxygen atoms in total. The lowest BCUT2D eigenvalue weighted by molar-refractivity contribution is -0.141. The van der Waals surface area contributed by atoms with Gasteiger partial charge in [0.1, 0.15) is 0 Å². The van der Waals surface area contributed by atoms with Gasteiger partial charge in [-0.2, -0.15) is 0 Å². The number of carbonyl (C=O) groups excluding carboxylic acids is 1. The Morgan fingerprint density at radius 3 is 2.43 bits per heavy atom. The Kier molecular flexibility index (Phi) is 6.15. The summed E-state index contributed by atoms with van der Waals surface area (Å²) in [6.07, 6.45) is 1.39. The van der Waals surface area contributed by atoms with Crippen LogP contribution >= 0.6 is 0 Å². The maximum absolute atomic E-state index is 13.7. The van der Waals surface area contributed by atoms with Gasteiger partial charge in [-0.25, -0.2) is 4.39 Å². The molecule has 0 saturated carbocycles. The third-order valence-electron chi connectivity index (χ3n) is 4.18. The van der Waals surface area contributed by atoms with Crippen LogP contribution in [0, 0.1) is 11.2 Å². The highest BCUT2D eigenvalue weighted by molar-refractivity contribution is 5.82. The number of nitrogens with two attached hydrogens (primary N) is 1. The number of hydrogen-bond acceptors (Lipinski definition) is 3. The quantitative estimate of drug-likeness (QED) is 0.841. The molecule has 1 rings (SSSR count). The van der Waals surface area contributed by atoms with Crippen LogP contribution in [-0.2, 0) is 11.3 Å². The second-order valence-corrected chi connectivity index (χ2v) is 5.32. The van der Waals surface area contributed by atoms with Gasteiger partial charge in [-0.05, 0) is 30.5 Å². The number of nitrogens with zero attached hydrogens (tertiary/aromatic N) is 1. The average Bonchev–Trinajstić information content (AvgIpc) is 2.49. The van der Waals surface area contributed by atoms with Crippen molar-refractivity contribution in [3.8, 4) is 5.75 Å². The Balaban J connectivity index is 2.87. The SMILES string of the molecule is CCC(CC)(CN)C(=O)N(C)Cc1ccc(OC)c(F)c1. The van der Waals surface area contributed by atoms with Crippen LogP contribution in [0.3, 0.4) is 0 Å². The standard InChI is InChI=1S/C16H25FN2O2/c1-5-16(6-2,11-18)15(20)19(3)10-12-7-8-14(21-4)13(17)9-12/h7-9H,5-6,10-11,18H2,1-4H3. The zero-order chi connectivity index (χ0) is 16.0. The van der Waals surface area contributed by atoms with Crippen molar-refractivity contribution in [2.75, 3.05) is 20.7 Å². The smallest absolute Gasteiger partial charge is 0.230 e. The maximum atomic E-state index is 13.7. The molecule has 0 fully saturated rings. The van der Waals surface area contributed by atoms with Crippen molar-refractivity contribution in [3.63, 3.8) is 0 Å². The number of rotatable bonds is 7. The van der Waals surface area contributed by atoms with E-state index in [9.17, 15) is 9.18 Å². The van der Waals surface area contributed by atoms with Crippen LogP contribution in [0.1, 0.15) is 32.3 Å². The summed E-state index contributed by atoms with van der Waals surface area (Å²) >= 11 is 0. The first-order valence-electron chi connectivity index (χ1n) is 7.22. The number of ether oxygens (including phenoxy) is 1. The summed E-state index contributed by atoms with van der Waals surface area (Å²) in [5, 5.41) is 0. The first-order valence-corrected chi connectivity index (χ1v) is 7.22. The Bertz CT molecular complexity index is 479. The minimum atomic E-state index is -0.528. The highest BCUT2D eigenvalue weighted by Gasteiger charge is 2.35. The molecule has 0 aromatic heterocycles. The van der Waals surface area contributed by atoms with Crippen LogP contribution in [-0.4, -0.2) is 31.5 Å². The van der Waals surface area contributed by atoms with E-state index in [1.54, 1.807) is 24.1 Å². The fraction of sp³-hybridized carbons (Fsp3) is 0.562. The van der Waals surface area contributed by atoms with Gasteiger partial charge >= 0.3 is 0 Å². The minimum Gasteiger partial charge on any atom is -0.494 e. The largest absolute Gasteiger partial charge is 0.494 e. The summed E-state index contributed by atoms with van der Waals surface area (Å²) < 4.78 is 18.6. The lowest BCUT2D eigenvalue weighted by atomic mass is 9.81. The Morgan fingerprint density at radius 1 is 1.38 bits per heavy atom. The molecule has 118 valence electrons. The van der Waals surface area contributed by atoms with Crippen LogP contribution < -0.4 is 10.5 Å². The summed E-state index contributed by atoms with van der Waals surface area (Å²) in [4.78, 5) is 14.2. The second kappa shape index (κ2) is 7.41. The topological polar surface area (TPSA) is 55.6 Å². The molecule has 0 spiro atoms. The second-order valence-electron chi connectivity index (χ2n) is 5.32. The molecule has 0 aliphatic rings. The van der Waals surface area contributed by atoms with E-state index in [1.807, 2.05) is 13.8 Å². The van der Waals surface area contributed by atoms with E-state index in [2.05, 4.69) is 0 Å². The Hall–Kier alpha value is -1.62. The van der Waals surface area contributed by atoms with E-state index >= 15 is 0 Å². The molecule has 1 aromatic rings. The number of amides is 1. The van der Waals surface area contributed by atoms with Crippen LogP contribution in [0.4, 0.5) is 4.39 Å². The molecule has 21 heavy (non-hydrogen) atoms. The molecule has 0 saturated heterocycles. The Labute approximate surface area is 126 Å². The zero-order valence-electron chi connectivity index (χ0n) is 13.3. The fourth-order valence-corrected chi connectivity index (χ4v) is 2.49. The van der Waals surface area contributed by atoms with E-state index in [0.717, 1.165) is 5.56 Å². The summed E-state index contributed by atoms with van der Waals surface area (Å²) in [5.74, 6) is -0.218. The number of benzene rings is 1. The van der Waals surface area contributed by atoms with Crippen molar-refractivity contribution in [3.05, 3.63) is 29.6 Å². The molecule has 0 bridgehead atoms. The molecule has 0 unspecified atom stereocenters. The lowest BCUT2D eigenvalue weighted by Gasteiger charge is -2.33. The van der Waals surface area contributed by atoms with Gasteiger partial charge in [-0.3, -0.25) is 4.79 Å². The van der Waals surface area contributed by atoms with E-state index in [-0.39, 0.29) is 11.7 Å². The van der Waals surface area contributed by atoms with Crippen molar-refractivity contribution in [2.45, 2.75) is 33.2 Å². The van der Waals surface area contributed by atoms with Crippen molar-refractivity contribution < 1.29 is 13.9 Å². The molecule has 1 amide bonds. The van der Waals surface area contributed by atoms with Crippen LogP contribution in [0.15, 0.2) is 18.2 Å².